The zero-order valence-electron chi connectivity index (χ0n) is 10.8. The topological polar surface area (TPSA) is 55.8 Å². The Balaban J connectivity index is 2.95. The van der Waals surface area contributed by atoms with Gasteiger partial charge in [-0.05, 0) is 26.7 Å². The van der Waals surface area contributed by atoms with Crippen molar-refractivity contribution < 1.29 is 27.5 Å². The highest BCUT2D eigenvalue weighted by Gasteiger charge is 2.60. The molecule has 0 aromatic carbocycles. The van der Waals surface area contributed by atoms with Gasteiger partial charge in [0, 0.05) is 0 Å². The fourth-order valence-electron chi connectivity index (χ4n) is 2.27. The second-order valence-electron chi connectivity index (χ2n) is 4.38. The lowest BCUT2D eigenvalue weighted by Gasteiger charge is -2.36. The zero-order chi connectivity index (χ0) is 13.8. The molecular formula is C11H21F2O4P. The predicted octanol–water partition coefficient (Wildman–Crippen LogP) is 3.40. The first-order valence-electron chi connectivity index (χ1n) is 6.34. The molecule has 1 N–H and O–H groups in total. The fraction of sp³-hybridized carbons (Fsp3) is 1.00. The smallest absolute Gasteiger partial charge is 0.393 e. The Bertz CT molecular complexity index is 301. The van der Waals surface area contributed by atoms with Crippen molar-refractivity contribution in [1.82, 2.24) is 0 Å². The largest absolute Gasteiger partial charge is 0.399 e. The van der Waals surface area contributed by atoms with E-state index in [0.717, 1.165) is 0 Å². The number of aliphatic hydroxyl groups excluding tert-OH is 1. The van der Waals surface area contributed by atoms with E-state index in [0.29, 0.717) is 19.3 Å². The lowest BCUT2D eigenvalue weighted by Crippen LogP contribution is -2.40. The Kier molecular flexibility index (Phi) is 5.71. The molecule has 0 radical (unpaired) electrons. The lowest BCUT2D eigenvalue weighted by molar-refractivity contribution is -0.0793. The summed E-state index contributed by atoms with van der Waals surface area (Å²) in [5, 5.41) is 9.69. The van der Waals surface area contributed by atoms with Gasteiger partial charge in [-0.15, -0.1) is 0 Å². The third-order valence-electron chi connectivity index (χ3n) is 3.14. The molecule has 0 saturated heterocycles. The molecular weight excluding hydrogens is 265 g/mol. The summed E-state index contributed by atoms with van der Waals surface area (Å²) in [6.07, 6.45) is 0.594. The van der Waals surface area contributed by atoms with Crippen molar-refractivity contribution in [2.24, 2.45) is 5.92 Å². The van der Waals surface area contributed by atoms with Crippen molar-refractivity contribution in [1.29, 1.82) is 0 Å². The van der Waals surface area contributed by atoms with Crippen LogP contribution in [0, 0.1) is 5.92 Å². The summed E-state index contributed by atoms with van der Waals surface area (Å²) in [6.45, 7) is 2.74. The normalized spacial score (nSPS) is 26.3. The van der Waals surface area contributed by atoms with E-state index >= 15 is 0 Å². The zero-order valence-corrected chi connectivity index (χ0v) is 11.7. The summed E-state index contributed by atoms with van der Waals surface area (Å²) in [5.41, 5.74) is -3.64. The van der Waals surface area contributed by atoms with E-state index in [1.165, 1.54) is 13.8 Å². The van der Waals surface area contributed by atoms with Gasteiger partial charge in [0.25, 0.3) is 0 Å². The van der Waals surface area contributed by atoms with Crippen molar-refractivity contribution >= 4 is 7.60 Å². The van der Waals surface area contributed by atoms with Gasteiger partial charge in [-0.1, -0.05) is 12.8 Å². The highest BCUT2D eigenvalue weighted by molar-refractivity contribution is 7.55. The molecule has 7 heteroatoms. The molecule has 2 atom stereocenters. The molecule has 4 nitrogen and oxygen atoms in total. The molecule has 0 bridgehead atoms. The predicted molar refractivity (Wildman–Crippen MR) is 63.8 cm³/mol. The average molecular weight is 286 g/mol. The quantitative estimate of drug-likeness (QED) is 0.760. The van der Waals surface area contributed by atoms with Crippen LogP contribution in [0.25, 0.3) is 0 Å². The maximum absolute atomic E-state index is 14.3. The first-order valence-corrected chi connectivity index (χ1v) is 7.88. The van der Waals surface area contributed by atoms with Gasteiger partial charge < -0.3 is 14.2 Å². The van der Waals surface area contributed by atoms with Gasteiger partial charge in [-0.3, -0.25) is 4.57 Å². The standard InChI is InChI=1S/C11H21F2O4P/c1-3-16-18(15,17-4-2)11(12,13)9-7-5-6-8-10(9)14/h9-10,14H,3-8H2,1-2H3/t9-,10-/m1/s1. The highest BCUT2D eigenvalue weighted by Crippen LogP contribution is 2.66. The molecule has 0 amide bonds. The first-order chi connectivity index (χ1) is 8.39. The second-order valence-corrected chi connectivity index (χ2v) is 6.49. The Morgan fingerprint density at radius 1 is 1.22 bits per heavy atom. The van der Waals surface area contributed by atoms with Crippen molar-refractivity contribution in [3.05, 3.63) is 0 Å². The summed E-state index contributed by atoms with van der Waals surface area (Å²) < 4.78 is 50.2. The molecule has 0 aromatic heterocycles. The molecule has 0 heterocycles. The van der Waals surface area contributed by atoms with Gasteiger partial charge >= 0.3 is 13.3 Å². The molecule has 0 spiro atoms. The monoisotopic (exact) mass is 286 g/mol. The van der Waals surface area contributed by atoms with Crippen molar-refractivity contribution in [2.45, 2.75) is 51.3 Å². The summed E-state index contributed by atoms with van der Waals surface area (Å²) in [7, 11) is -4.52. The number of hydrogen-bond donors (Lipinski definition) is 1. The number of alkyl halides is 2. The molecule has 1 rings (SSSR count). The Labute approximate surface area is 106 Å². The fourth-order valence-corrected chi connectivity index (χ4v) is 4.07. The van der Waals surface area contributed by atoms with Gasteiger partial charge in [0.15, 0.2) is 0 Å². The van der Waals surface area contributed by atoms with E-state index in [-0.39, 0.29) is 19.6 Å². The van der Waals surface area contributed by atoms with Crippen LogP contribution in [0.5, 0.6) is 0 Å². The number of rotatable bonds is 6. The lowest BCUT2D eigenvalue weighted by atomic mass is 9.87. The maximum atomic E-state index is 14.3. The van der Waals surface area contributed by atoms with Crippen LogP contribution in [-0.4, -0.2) is 30.1 Å². The third kappa shape index (κ3) is 3.10. The minimum Gasteiger partial charge on any atom is -0.393 e. The summed E-state index contributed by atoms with van der Waals surface area (Å²) in [4.78, 5) is 0. The molecule has 1 aliphatic carbocycles. The average Bonchev–Trinajstić information content (AvgIpc) is 2.29. The van der Waals surface area contributed by atoms with Crippen LogP contribution in [-0.2, 0) is 13.6 Å². The summed E-state index contributed by atoms with van der Waals surface area (Å²) in [6, 6.07) is 0. The molecule has 18 heavy (non-hydrogen) atoms. The van der Waals surface area contributed by atoms with Gasteiger partial charge in [-0.25, -0.2) is 0 Å². The van der Waals surface area contributed by atoms with E-state index in [1.54, 1.807) is 0 Å². The van der Waals surface area contributed by atoms with E-state index in [9.17, 15) is 18.5 Å². The van der Waals surface area contributed by atoms with Crippen LogP contribution >= 0.6 is 7.60 Å². The minimum absolute atomic E-state index is 0.115. The van der Waals surface area contributed by atoms with Crippen LogP contribution in [0.1, 0.15) is 39.5 Å². The second kappa shape index (κ2) is 6.42. The SMILES string of the molecule is CCOP(=O)(OCC)C(F)(F)[C@@H]1CCCC[C@H]1O. The number of aliphatic hydroxyl groups is 1. The van der Waals surface area contributed by atoms with Crippen molar-refractivity contribution in [3.63, 3.8) is 0 Å². The number of halogens is 2. The van der Waals surface area contributed by atoms with E-state index in [4.69, 9.17) is 9.05 Å². The number of hydrogen-bond acceptors (Lipinski definition) is 4. The van der Waals surface area contributed by atoms with E-state index in [1.807, 2.05) is 0 Å². The van der Waals surface area contributed by atoms with Gasteiger partial charge in [-0.2, -0.15) is 8.78 Å². The Hall–Kier alpha value is -0.0300. The molecule has 1 saturated carbocycles. The Morgan fingerprint density at radius 2 is 1.72 bits per heavy atom. The minimum atomic E-state index is -4.52. The third-order valence-corrected chi connectivity index (χ3v) is 5.40. The molecule has 0 aromatic rings. The molecule has 1 aliphatic rings. The van der Waals surface area contributed by atoms with Crippen LogP contribution in [0.3, 0.4) is 0 Å². The Morgan fingerprint density at radius 3 is 2.17 bits per heavy atom. The van der Waals surface area contributed by atoms with Crippen molar-refractivity contribution in [3.8, 4) is 0 Å². The van der Waals surface area contributed by atoms with Crippen LogP contribution < -0.4 is 0 Å². The molecule has 1 fully saturated rings. The molecule has 108 valence electrons. The highest BCUT2D eigenvalue weighted by atomic mass is 31.2. The molecule has 0 unspecified atom stereocenters. The maximum Gasteiger partial charge on any atom is 0.399 e. The van der Waals surface area contributed by atoms with Gasteiger partial charge in [0.05, 0.1) is 25.2 Å². The van der Waals surface area contributed by atoms with Crippen LogP contribution in [0.15, 0.2) is 0 Å². The molecule has 0 aliphatic heterocycles. The summed E-state index contributed by atoms with van der Waals surface area (Å²) in [5.74, 6) is -1.35. The van der Waals surface area contributed by atoms with Crippen molar-refractivity contribution in [2.75, 3.05) is 13.2 Å². The first kappa shape index (κ1) is 16.0. The van der Waals surface area contributed by atoms with E-state index < -0.39 is 25.3 Å². The van der Waals surface area contributed by atoms with Gasteiger partial charge in [0.2, 0.25) is 0 Å². The van der Waals surface area contributed by atoms with E-state index in [2.05, 4.69) is 0 Å². The summed E-state index contributed by atoms with van der Waals surface area (Å²) >= 11 is 0. The van der Waals surface area contributed by atoms with Crippen LogP contribution in [0.4, 0.5) is 8.78 Å². The van der Waals surface area contributed by atoms with Gasteiger partial charge in [0.1, 0.15) is 0 Å². The van der Waals surface area contributed by atoms with Crippen LogP contribution in [0.2, 0.25) is 0 Å².